The third kappa shape index (κ3) is 2.96. The van der Waals surface area contributed by atoms with Crippen molar-refractivity contribution in [2.75, 3.05) is 32.7 Å². The number of hydrogen-bond acceptors (Lipinski definition) is 2. The molecule has 2 aliphatic heterocycles. The van der Waals surface area contributed by atoms with Crippen LogP contribution in [0.3, 0.4) is 0 Å². The Morgan fingerprint density at radius 1 is 1.21 bits per heavy atom. The molecule has 0 bridgehead atoms. The molecule has 2 fully saturated rings. The molecule has 1 unspecified atom stereocenters. The first-order valence-electron chi connectivity index (χ1n) is 6.27. The predicted molar refractivity (Wildman–Crippen MR) is 60.4 cm³/mol. The summed E-state index contributed by atoms with van der Waals surface area (Å²) < 4.78 is 0. The maximum absolute atomic E-state index is 3.44. The van der Waals surface area contributed by atoms with Gasteiger partial charge in [0.15, 0.2) is 0 Å². The van der Waals surface area contributed by atoms with Gasteiger partial charge in [-0.2, -0.15) is 0 Å². The second-order valence-corrected chi connectivity index (χ2v) is 5.18. The number of nitrogens with zero attached hydrogens (tertiary/aromatic N) is 1. The van der Waals surface area contributed by atoms with Crippen molar-refractivity contribution >= 4 is 0 Å². The van der Waals surface area contributed by atoms with Gasteiger partial charge in [-0.25, -0.2) is 0 Å². The molecule has 0 aromatic carbocycles. The molecule has 1 atom stereocenters. The highest BCUT2D eigenvalue weighted by molar-refractivity contribution is 4.75. The van der Waals surface area contributed by atoms with Crippen LogP contribution in [0.5, 0.6) is 0 Å². The summed E-state index contributed by atoms with van der Waals surface area (Å²) in [5.74, 6) is 1.95. The van der Waals surface area contributed by atoms with Crippen molar-refractivity contribution in [3.8, 4) is 0 Å². The minimum absolute atomic E-state index is 0.947. The Balaban J connectivity index is 1.61. The Labute approximate surface area is 88.1 Å². The summed E-state index contributed by atoms with van der Waals surface area (Å²) in [7, 11) is 0. The van der Waals surface area contributed by atoms with Crippen molar-refractivity contribution in [3.63, 3.8) is 0 Å². The molecule has 14 heavy (non-hydrogen) atoms. The molecule has 0 radical (unpaired) electrons. The fourth-order valence-electron chi connectivity index (χ4n) is 2.76. The maximum atomic E-state index is 3.44. The summed E-state index contributed by atoms with van der Waals surface area (Å²) in [5.41, 5.74) is 0. The molecule has 2 aliphatic rings. The van der Waals surface area contributed by atoms with E-state index in [1.54, 1.807) is 0 Å². The first kappa shape index (κ1) is 10.4. The zero-order valence-electron chi connectivity index (χ0n) is 9.47. The quantitative estimate of drug-likeness (QED) is 0.739. The smallest absolute Gasteiger partial charge is 0.000750 e. The van der Waals surface area contributed by atoms with E-state index in [2.05, 4.69) is 17.1 Å². The van der Waals surface area contributed by atoms with Gasteiger partial charge in [-0.3, -0.25) is 0 Å². The number of nitrogens with one attached hydrogen (secondary N) is 1. The summed E-state index contributed by atoms with van der Waals surface area (Å²) in [4.78, 5) is 2.66. The molecule has 0 aliphatic carbocycles. The number of likely N-dealkylation sites (tertiary alicyclic amines) is 1. The summed E-state index contributed by atoms with van der Waals surface area (Å²) in [6.45, 7) is 8.94. The molecule has 2 heteroatoms. The van der Waals surface area contributed by atoms with Crippen molar-refractivity contribution in [1.29, 1.82) is 0 Å². The second-order valence-electron chi connectivity index (χ2n) is 5.18. The Kier molecular flexibility index (Phi) is 3.82. The van der Waals surface area contributed by atoms with Crippen LogP contribution in [0.1, 0.15) is 32.6 Å². The first-order valence-corrected chi connectivity index (χ1v) is 6.27. The van der Waals surface area contributed by atoms with Gasteiger partial charge in [-0.15, -0.1) is 0 Å². The van der Waals surface area contributed by atoms with Crippen molar-refractivity contribution in [3.05, 3.63) is 0 Å². The van der Waals surface area contributed by atoms with Gasteiger partial charge < -0.3 is 10.2 Å². The van der Waals surface area contributed by atoms with Crippen LogP contribution in [-0.4, -0.2) is 37.6 Å². The van der Waals surface area contributed by atoms with Gasteiger partial charge in [-0.1, -0.05) is 6.92 Å². The van der Waals surface area contributed by atoms with Gasteiger partial charge in [0.05, 0.1) is 0 Å². The van der Waals surface area contributed by atoms with E-state index in [0.29, 0.717) is 0 Å². The van der Waals surface area contributed by atoms with Gasteiger partial charge in [0, 0.05) is 6.54 Å². The van der Waals surface area contributed by atoms with E-state index in [9.17, 15) is 0 Å². The maximum Gasteiger partial charge on any atom is 0.000750 e. The van der Waals surface area contributed by atoms with E-state index in [1.807, 2.05) is 0 Å². The highest BCUT2D eigenvalue weighted by Gasteiger charge is 2.20. The summed E-state index contributed by atoms with van der Waals surface area (Å²) >= 11 is 0. The van der Waals surface area contributed by atoms with E-state index >= 15 is 0 Å². The molecule has 0 amide bonds. The highest BCUT2D eigenvalue weighted by Crippen LogP contribution is 2.20. The molecule has 82 valence electrons. The molecular weight excluding hydrogens is 172 g/mol. The van der Waals surface area contributed by atoms with Crippen molar-refractivity contribution < 1.29 is 0 Å². The van der Waals surface area contributed by atoms with E-state index in [0.717, 1.165) is 11.8 Å². The summed E-state index contributed by atoms with van der Waals surface area (Å²) in [5, 5.41) is 3.44. The van der Waals surface area contributed by atoms with Crippen LogP contribution in [-0.2, 0) is 0 Å². The van der Waals surface area contributed by atoms with E-state index in [-0.39, 0.29) is 0 Å². The lowest BCUT2D eigenvalue weighted by Gasteiger charge is -2.25. The SMILES string of the molecule is CC1CCN(CCC2CCNCC2)C1. The van der Waals surface area contributed by atoms with Crippen LogP contribution in [0.2, 0.25) is 0 Å². The third-order valence-corrected chi connectivity index (χ3v) is 3.82. The number of piperidine rings is 1. The van der Waals surface area contributed by atoms with Crippen molar-refractivity contribution in [2.24, 2.45) is 11.8 Å². The lowest BCUT2D eigenvalue weighted by molar-refractivity contribution is 0.267. The average Bonchev–Trinajstić information content (AvgIpc) is 2.63. The van der Waals surface area contributed by atoms with Crippen molar-refractivity contribution in [2.45, 2.75) is 32.6 Å². The van der Waals surface area contributed by atoms with Gasteiger partial charge >= 0.3 is 0 Å². The largest absolute Gasteiger partial charge is 0.317 e. The average molecular weight is 196 g/mol. The normalized spacial score (nSPS) is 31.1. The Morgan fingerprint density at radius 2 is 2.00 bits per heavy atom. The van der Waals surface area contributed by atoms with Crippen LogP contribution in [0.4, 0.5) is 0 Å². The highest BCUT2D eigenvalue weighted by atomic mass is 15.1. The first-order chi connectivity index (χ1) is 6.84. The van der Waals surface area contributed by atoms with Crippen LogP contribution in [0.25, 0.3) is 0 Å². The number of rotatable bonds is 3. The van der Waals surface area contributed by atoms with E-state index < -0.39 is 0 Å². The van der Waals surface area contributed by atoms with Crippen LogP contribution < -0.4 is 5.32 Å². The molecule has 0 saturated carbocycles. The van der Waals surface area contributed by atoms with Crippen LogP contribution in [0.15, 0.2) is 0 Å². The van der Waals surface area contributed by atoms with E-state index in [4.69, 9.17) is 0 Å². The minimum Gasteiger partial charge on any atom is -0.317 e. The minimum atomic E-state index is 0.947. The molecule has 0 spiro atoms. The predicted octanol–water partition coefficient (Wildman–Crippen LogP) is 1.72. The van der Waals surface area contributed by atoms with Gasteiger partial charge in [0.25, 0.3) is 0 Å². The molecule has 2 heterocycles. The molecular formula is C12H24N2. The second kappa shape index (κ2) is 5.13. The lowest BCUT2D eigenvalue weighted by atomic mass is 9.94. The van der Waals surface area contributed by atoms with Crippen LogP contribution >= 0.6 is 0 Å². The molecule has 0 aromatic rings. The molecule has 2 nitrogen and oxygen atoms in total. The summed E-state index contributed by atoms with van der Waals surface area (Å²) in [6, 6.07) is 0. The molecule has 2 rings (SSSR count). The molecule has 2 saturated heterocycles. The fraction of sp³-hybridized carbons (Fsp3) is 1.00. The van der Waals surface area contributed by atoms with Crippen LogP contribution in [0, 0.1) is 11.8 Å². The zero-order valence-corrected chi connectivity index (χ0v) is 9.47. The fourth-order valence-corrected chi connectivity index (χ4v) is 2.76. The topological polar surface area (TPSA) is 15.3 Å². The molecule has 0 aromatic heterocycles. The van der Waals surface area contributed by atoms with Crippen molar-refractivity contribution in [1.82, 2.24) is 10.2 Å². The van der Waals surface area contributed by atoms with E-state index in [1.165, 1.54) is 58.4 Å². The van der Waals surface area contributed by atoms with Gasteiger partial charge in [-0.05, 0) is 63.7 Å². The Bertz CT molecular complexity index is 159. The standard InChI is InChI=1S/C12H24N2/c1-11-4-8-14(10-11)9-5-12-2-6-13-7-3-12/h11-13H,2-10H2,1H3. The number of hydrogen-bond donors (Lipinski definition) is 1. The Hall–Kier alpha value is -0.0800. The Morgan fingerprint density at radius 3 is 2.64 bits per heavy atom. The monoisotopic (exact) mass is 196 g/mol. The zero-order chi connectivity index (χ0) is 9.80. The van der Waals surface area contributed by atoms with Gasteiger partial charge in [0.2, 0.25) is 0 Å². The molecule has 1 N–H and O–H groups in total. The summed E-state index contributed by atoms with van der Waals surface area (Å²) in [6.07, 6.45) is 5.67. The third-order valence-electron chi connectivity index (χ3n) is 3.82. The lowest BCUT2D eigenvalue weighted by Crippen LogP contribution is -2.30. The van der Waals surface area contributed by atoms with Gasteiger partial charge in [0.1, 0.15) is 0 Å².